The average Bonchev–Trinajstić information content (AvgIpc) is 2.98. The molecule has 0 aliphatic rings. The molecule has 0 fully saturated rings. The van der Waals surface area contributed by atoms with Crippen LogP contribution in [0.2, 0.25) is 0 Å². The molecule has 1 heterocycles. The predicted octanol–water partition coefficient (Wildman–Crippen LogP) is 3.30. The van der Waals surface area contributed by atoms with Crippen molar-refractivity contribution in [3.63, 3.8) is 0 Å². The number of aromatic hydroxyl groups is 1. The Hall–Kier alpha value is -3.08. The first-order chi connectivity index (χ1) is 11.1. The molecular formula is C18H15NO4. The molecule has 0 unspecified atom stereocenters. The van der Waals surface area contributed by atoms with Crippen molar-refractivity contribution in [1.29, 1.82) is 0 Å². The maximum Gasteiger partial charge on any atom is 0.342 e. The SMILES string of the molecule is C[C@H](OC(=O)c1ccccc1O)C(=O)c1c[nH]c2ccccc12. The number of carbonyl (C=O) groups is 2. The topological polar surface area (TPSA) is 79.4 Å². The van der Waals surface area contributed by atoms with Gasteiger partial charge in [-0.15, -0.1) is 0 Å². The van der Waals surface area contributed by atoms with Gasteiger partial charge in [0.25, 0.3) is 0 Å². The van der Waals surface area contributed by atoms with Gasteiger partial charge in [-0.3, -0.25) is 4.79 Å². The van der Waals surface area contributed by atoms with E-state index in [0.717, 1.165) is 10.9 Å². The monoisotopic (exact) mass is 309 g/mol. The van der Waals surface area contributed by atoms with Crippen LogP contribution >= 0.6 is 0 Å². The Bertz CT molecular complexity index is 881. The zero-order valence-electron chi connectivity index (χ0n) is 12.4. The van der Waals surface area contributed by atoms with Gasteiger partial charge in [0.2, 0.25) is 5.78 Å². The van der Waals surface area contributed by atoms with Crippen LogP contribution in [0.5, 0.6) is 5.75 Å². The second-order valence-corrected chi connectivity index (χ2v) is 5.18. The van der Waals surface area contributed by atoms with Gasteiger partial charge in [0, 0.05) is 22.7 Å². The van der Waals surface area contributed by atoms with Gasteiger partial charge in [0.1, 0.15) is 11.3 Å². The number of Topliss-reactive ketones (excluding diaryl/α,β-unsaturated/α-hetero) is 1. The molecule has 5 heteroatoms. The molecule has 3 rings (SSSR count). The van der Waals surface area contributed by atoms with Gasteiger partial charge in [-0.2, -0.15) is 0 Å². The zero-order valence-corrected chi connectivity index (χ0v) is 12.4. The lowest BCUT2D eigenvalue weighted by atomic mass is 10.1. The standard InChI is InChI=1S/C18H15NO4/c1-11(23-18(22)13-7-3-5-9-16(13)20)17(21)14-10-19-15-8-4-2-6-12(14)15/h2-11,19-20H,1H3/t11-/m0/s1. The molecule has 0 amide bonds. The number of para-hydroxylation sites is 2. The Labute approximate surface area is 132 Å². The number of nitrogens with one attached hydrogen (secondary N) is 1. The molecule has 0 spiro atoms. The number of phenolic OH excluding ortho intramolecular Hbond substituents is 1. The lowest BCUT2D eigenvalue weighted by Crippen LogP contribution is -2.24. The molecule has 0 aliphatic heterocycles. The molecule has 0 bridgehead atoms. The molecule has 116 valence electrons. The fourth-order valence-electron chi connectivity index (χ4n) is 2.42. The van der Waals surface area contributed by atoms with Gasteiger partial charge in [-0.05, 0) is 25.1 Å². The summed E-state index contributed by atoms with van der Waals surface area (Å²) in [6, 6.07) is 13.5. The van der Waals surface area contributed by atoms with Crippen LogP contribution in [0.3, 0.4) is 0 Å². The number of aromatic amines is 1. The number of rotatable bonds is 4. The molecular weight excluding hydrogens is 294 g/mol. The van der Waals surface area contributed by atoms with Gasteiger partial charge in [0.15, 0.2) is 6.10 Å². The van der Waals surface area contributed by atoms with Gasteiger partial charge in [-0.1, -0.05) is 30.3 Å². The van der Waals surface area contributed by atoms with Crippen LogP contribution in [0.15, 0.2) is 54.7 Å². The highest BCUT2D eigenvalue weighted by atomic mass is 16.5. The molecule has 1 aromatic heterocycles. The maximum absolute atomic E-state index is 12.5. The Morgan fingerprint density at radius 2 is 1.74 bits per heavy atom. The third kappa shape index (κ3) is 2.81. The van der Waals surface area contributed by atoms with Crippen LogP contribution < -0.4 is 0 Å². The lowest BCUT2D eigenvalue weighted by molar-refractivity contribution is 0.0316. The summed E-state index contributed by atoms with van der Waals surface area (Å²) >= 11 is 0. The molecule has 23 heavy (non-hydrogen) atoms. The molecule has 0 saturated heterocycles. The van der Waals surface area contributed by atoms with Crippen molar-refractivity contribution in [3.8, 4) is 5.75 Å². The third-order valence-corrected chi connectivity index (χ3v) is 3.63. The van der Waals surface area contributed by atoms with Gasteiger partial charge in [-0.25, -0.2) is 4.79 Å². The summed E-state index contributed by atoms with van der Waals surface area (Å²) in [5.74, 6) is -1.21. The average molecular weight is 309 g/mol. The first-order valence-corrected chi connectivity index (χ1v) is 7.17. The third-order valence-electron chi connectivity index (χ3n) is 3.63. The molecule has 0 saturated carbocycles. The summed E-state index contributed by atoms with van der Waals surface area (Å²) in [7, 11) is 0. The molecule has 0 radical (unpaired) electrons. The Morgan fingerprint density at radius 3 is 2.52 bits per heavy atom. The number of hydrogen-bond donors (Lipinski definition) is 2. The van der Waals surface area contributed by atoms with Crippen molar-refractivity contribution >= 4 is 22.7 Å². The number of carbonyl (C=O) groups excluding carboxylic acids is 2. The number of fused-ring (bicyclic) bond motifs is 1. The number of ether oxygens (including phenoxy) is 1. The number of esters is 1. The normalized spacial score (nSPS) is 12.0. The van der Waals surface area contributed by atoms with Gasteiger partial charge >= 0.3 is 5.97 Å². The van der Waals surface area contributed by atoms with Crippen molar-refractivity contribution < 1.29 is 19.4 Å². The van der Waals surface area contributed by atoms with Crippen molar-refractivity contribution in [2.24, 2.45) is 0 Å². The fourth-order valence-corrected chi connectivity index (χ4v) is 2.42. The highest BCUT2D eigenvalue weighted by Crippen LogP contribution is 2.21. The summed E-state index contributed by atoms with van der Waals surface area (Å²) < 4.78 is 5.19. The Kier molecular flexibility index (Phi) is 3.85. The number of ketones is 1. The first-order valence-electron chi connectivity index (χ1n) is 7.17. The van der Waals surface area contributed by atoms with Crippen LogP contribution in [-0.4, -0.2) is 27.9 Å². The van der Waals surface area contributed by atoms with E-state index in [1.165, 1.54) is 19.1 Å². The summed E-state index contributed by atoms with van der Waals surface area (Å²) in [5.41, 5.74) is 1.35. The minimum atomic E-state index is -0.957. The van der Waals surface area contributed by atoms with E-state index in [9.17, 15) is 14.7 Å². The van der Waals surface area contributed by atoms with Crippen LogP contribution in [-0.2, 0) is 4.74 Å². The van der Waals surface area contributed by atoms with Crippen molar-refractivity contribution in [2.75, 3.05) is 0 Å². The highest BCUT2D eigenvalue weighted by molar-refractivity contribution is 6.10. The fraction of sp³-hybridized carbons (Fsp3) is 0.111. The lowest BCUT2D eigenvalue weighted by Gasteiger charge is -2.12. The Morgan fingerprint density at radius 1 is 1.04 bits per heavy atom. The largest absolute Gasteiger partial charge is 0.507 e. The van der Waals surface area contributed by atoms with E-state index in [-0.39, 0.29) is 17.1 Å². The predicted molar refractivity (Wildman–Crippen MR) is 85.6 cm³/mol. The van der Waals surface area contributed by atoms with E-state index in [0.29, 0.717) is 5.56 Å². The van der Waals surface area contributed by atoms with Crippen molar-refractivity contribution in [3.05, 3.63) is 65.9 Å². The van der Waals surface area contributed by atoms with Crippen molar-refractivity contribution in [2.45, 2.75) is 13.0 Å². The van der Waals surface area contributed by atoms with Crippen LogP contribution in [0.1, 0.15) is 27.6 Å². The van der Waals surface area contributed by atoms with E-state index in [1.54, 1.807) is 18.3 Å². The highest BCUT2D eigenvalue weighted by Gasteiger charge is 2.23. The van der Waals surface area contributed by atoms with E-state index < -0.39 is 12.1 Å². The zero-order chi connectivity index (χ0) is 16.4. The molecule has 5 nitrogen and oxygen atoms in total. The van der Waals surface area contributed by atoms with Crippen LogP contribution in [0, 0.1) is 0 Å². The quantitative estimate of drug-likeness (QED) is 0.572. The van der Waals surface area contributed by atoms with Gasteiger partial charge < -0.3 is 14.8 Å². The molecule has 1 atom stereocenters. The summed E-state index contributed by atoms with van der Waals surface area (Å²) in [6.45, 7) is 1.52. The Balaban J connectivity index is 1.80. The minimum absolute atomic E-state index is 0.0334. The molecule has 3 aromatic rings. The summed E-state index contributed by atoms with van der Waals surface area (Å²) in [5, 5.41) is 10.4. The smallest absolute Gasteiger partial charge is 0.342 e. The maximum atomic E-state index is 12.5. The number of aromatic nitrogens is 1. The summed E-state index contributed by atoms with van der Waals surface area (Å²) in [4.78, 5) is 27.6. The first kappa shape index (κ1) is 14.8. The number of H-pyrrole nitrogens is 1. The van der Waals surface area contributed by atoms with Gasteiger partial charge in [0.05, 0.1) is 0 Å². The molecule has 2 aromatic carbocycles. The van der Waals surface area contributed by atoms with E-state index in [1.807, 2.05) is 24.3 Å². The number of phenols is 1. The second-order valence-electron chi connectivity index (χ2n) is 5.18. The summed E-state index contributed by atoms with van der Waals surface area (Å²) in [6.07, 6.45) is 0.651. The second kappa shape index (κ2) is 5.96. The number of benzene rings is 2. The van der Waals surface area contributed by atoms with E-state index in [4.69, 9.17) is 4.74 Å². The van der Waals surface area contributed by atoms with Crippen LogP contribution in [0.4, 0.5) is 0 Å². The van der Waals surface area contributed by atoms with E-state index >= 15 is 0 Å². The van der Waals surface area contributed by atoms with Crippen molar-refractivity contribution in [1.82, 2.24) is 4.98 Å². The van der Waals surface area contributed by atoms with Crippen LogP contribution in [0.25, 0.3) is 10.9 Å². The van der Waals surface area contributed by atoms with E-state index in [2.05, 4.69) is 4.98 Å². The molecule has 0 aliphatic carbocycles. The minimum Gasteiger partial charge on any atom is -0.507 e. The number of hydrogen-bond acceptors (Lipinski definition) is 4. The molecule has 2 N–H and O–H groups in total.